The van der Waals surface area contributed by atoms with Crippen molar-refractivity contribution >= 4 is 23.5 Å². The molecule has 0 saturated carbocycles. The number of nitrogens with two attached hydrogens (primary N) is 1. The number of furan rings is 1. The number of hydrogen-bond acceptors (Lipinski definition) is 4. The van der Waals surface area contributed by atoms with Crippen molar-refractivity contribution in [3.05, 3.63) is 54.0 Å². The number of primary amides is 1. The van der Waals surface area contributed by atoms with Gasteiger partial charge in [-0.15, -0.1) is 0 Å². The summed E-state index contributed by atoms with van der Waals surface area (Å²) in [6, 6.07) is 7.84. The molecule has 5 N–H and O–H groups in total. The summed E-state index contributed by atoms with van der Waals surface area (Å²) in [5.74, 6) is -0.462. The van der Waals surface area contributed by atoms with Gasteiger partial charge in [0.2, 0.25) is 5.91 Å². The van der Waals surface area contributed by atoms with Crippen molar-refractivity contribution in [1.29, 1.82) is 0 Å². The maximum atomic E-state index is 11.7. The fourth-order valence-corrected chi connectivity index (χ4v) is 1.92. The van der Waals surface area contributed by atoms with Gasteiger partial charge in [0.25, 0.3) is 5.91 Å². The highest BCUT2D eigenvalue weighted by Crippen LogP contribution is 2.09. The summed E-state index contributed by atoms with van der Waals surface area (Å²) >= 11 is 0. The van der Waals surface area contributed by atoms with Crippen molar-refractivity contribution in [2.75, 3.05) is 11.9 Å². The van der Waals surface area contributed by atoms with Crippen LogP contribution in [0.15, 0.2) is 47.3 Å². The van der Waals surface area contributed by atoms with Crippen LogP contribution < -0.4 is 21.7 Å². The van der Waals surface area contributed by atoms with E-state index in [9.17, 15) is 14.4 Å². The molecule has 0 unspecified atom stereocenters. The summed E-state index contributed by atoms with van der Waals surface area (Å²) < 4.78 is 4.81. The number of rotatable bonds is 7. The molecule has 24 heavy (non-hydrogen) atoms. The molecular formula is C16H18N4O4. The summed E-state index contributed by atoms with van der Waals surface area (Å²) in [5, 5.41) is 7.83. The molecule has 0 radical (unpaired) electrons. The molecule has 8 heteroatoms. The number of nitrogens with one attached hydrogen (secondary N) is 3. The lowest BCUT2D eigenvalue weighted by Crippen LogP contribution is -2.30. The summed E-state index contributed by atoms with van der Waals surface area (Å²) in [6.45, 7) is 0.586. The van der Waals surface area contributed by atoms with E-state index in [1.54, 1.807) is 30.3 Å². The van der Waals surface area contributed by atoms with Gasteiger partial charge in [-0.1, -0.05) is 12.1 Å². The van der Waals surface area contributed by atoms with Crippen LogP contribution in [0.25, 0.3) is 0 Å². The number of hydrogen-bond donors (Lipinski definition) is 4. The topological polar surface area (TPSA) is 126 Å². The molecule has 2 rings (SSSR count). The van der Waals surface area contributed by atoms with Gasteiger partial charge in [-0.25, -0.2) is 4.79 Å². The standard InChI is InChI=1S/C16H18N4O4/c17-16(23)20-13-3-1-11(2-4-13)9-19-14(21)5-7-18-15(22)12-6-8-24-10-12/h1-4,6,8,10H,5,7,9H2,(H,18,22)(H,19,21)(H3,17,20,23). The highest BCUT2D eigenvalue weighted by atomic mass is 16.3. The number of benzene rings is 1. The van der Waals surface area contributed by atoms with Crippen LogP contribution >= 0.6 is 0 Å². The van der Waals surface area contributed by atoms with Crippen LogP contribution in [0.3, 0.4) is 0 Å². The molecule has 4 amide bonds. The molecule has 126 valence electrons. The zero-order chi connectivity index (χ0) is 17.4. The van der Waals surface area contributed by atoms with Gasteiger partial charge in [0, 0.05) is 25.2 Å². The molecular weight excluding hydrogens is 312 g/mol. The highest BCUT2D eigenvalue weighted by molar-refractivity contribution is 5.94. The van der Waals surface area contributed by atoms with E-state index in [0.717, 1.165) is 5.56 Å². The summed E-state index contributed by atoms with van der Waals surface area (Å²) in [6.07, 6.45) is 2.92. The predicted octanol–water partition coefficient (Wildman–Crippen LogP) is 1.21. The number of amides is 4. The number of carbonyl (C=O) groups is 3. The average Bonchev–Trinajstić information content (AvgIpc) is 3.08. The predicted molar refractivity (Wildman–Crippen MR) is 87.2 cm³/mol. The minimum absolute atomic E-state index is 0.172. The first-order valence-electron chi connectivity index (χ1n) is 7.27. The van der Waals surface area contributed by atoms with Crippen molar-refractivity contribution < 1.29 is 18.8 Å². The van der Waals surface area contributed by atoms with E-state index in [1.165, 1.54) is 12.5 Å². The van der Waals surface area contributed by atoms with Gasteiger partial charge in [-0.3, -0.25) is 9.59 Å². The van der Waals surface area contributed by atoms with Crippen molar-refractivity contribution in [1.82, 2.24) is 10.6 Å². The second-order valence-electron chi connectivity index (χ2n) is 4.98. The second-order valence-corrected chi connectivity index (χ2v) is 4.98. The lowest BCUT2D eigenvalue weighted by atomic mass is 10.2. The van der Waals surface area contributed by atoms with E-state index in [4.69, 9.17) is 10.2 Å². The van der Waals surface area contributed by atoms with Crippen LogP contribution in [0.5, 0.6) is 0 Å². The maximum Gasteiger partial charge on any atom is 0.316 e. The number of urea groups is 1. The van der Waals surface area contributed by atoms with Gasteiger partial charge >= 0.3 is 6.03 Å². The van der Waals surface area contributed by atoms with E-state index in [0.29, 0.717) is 17.8 Å². The van der Waals surface area contributed by atoms with Crippen LogP contribution in [0, 0.1) is 0 Å². The lowest BCUT2D eigenvalue weighted by Gasteiger charge is -2.07. The fourth-order valence-electron chi connectivity index (χ4n) is 1.92. The summed E-state index contributed by atoms with van der Waals surface area (Å²) in [7, 11) is 0. The molecule has 0 bridgehead atoms. The first kappa shape index (κ1) is 17.1. The van der Waals surface area contributed by atoms with Gasteiger partial charge < -0.3 is 26.1 Å². The Morgan fingerprint density at radius 1 is 1.04 bits per heavy atom. The van der Waals surface area contributed by atoms with Gasteiger partial charge in [-0.05, 0) is 23.8 Å². The largest absolute Gasteiger partial charge is 0.472 e. The van der Waals surface area contributed by atoms with Crippen molar-refractivity contribution in [2.45, 2.75) is 13.0 Å². The monoisotopic (exact) mass is 330 g/mol. The molecule has 1 aromatic heterocycles. The Hall–Kier alpha value is -3.29. The summed E-state index contributed by atoms with van der Waals surface area (Å²) in [5.41, 5.74) is 6.89. The van der Waals surface area contributed by atoms with E-state index < -0.39 is 6.03 Å². The second kappa shape index (κ2) is 8.37. The Morgan fingerprint density at radius 2 is 1.79 bits per heavy atom. The van der Waals surface area contributed by atoms with Crippen molar-refractivity contribution in [3.8, 4) is 0 Å². The summed E-state index contributed by atoms with van der Waals surface area (Å²) in [4.78, 5) is 34.1. The van der Waals surface area contributed by atoms with Crippen molar-refractivity contribution in [2.24, 2.45) is 5.73 Å². The Balaban J connectivity index is 1.67. The van der Waals surface area contributed by atoms with E-state index in [2.05, 4.69) is 16.0 Å². The van der Waals surface area contributed by atoms with Gasteiger partial charge in [0.15, 0.2) is 0 Å². The van der Waals surface area contributed by atoms with Crippen molar-refractivity contribution in [3.63, 3.8) is 0 Å². The molecule has 0 aliphatic heterocycles. The lowest BCUT2D eigenvalue weighted by molar-refractivity contribution is -0.121. The Labute approximate surface area is 138 Å². The van der Waals surface area contributed by atoms with Crippen LogP contribution in [0.2, 0.25) is 0 Å². The zero-order valence-electron chi connectivity index (χ0n) is 12.9. The highest BCUT2D eigenvalue weighted by Gasteiger charge is 2.07. The molecule has 0 aliphatic rings. The first-order valence-corrected chi connectivity index (χ1v) is 7.27. The van der Waals surface area contributed by atoms with Crippen LogP contribution in [0.1, 0.15) is 22.3 Å². The minimum atomic E-state index is -0.631. The molecule has 8 nitrogen and oxygen atoms in total. The molecule has 1 heterocycles. The molecule has 1 aromatic carbocycles. The van der Waals surface area contributed by atoms with E-state index in [1.807, 2.05) is 0 Å². The number of carbonyl (C=O) groups excluding carboxylic acids is 3. The molecule has 0 aliphatic carbocycles. The third-order valence-corrected chi connectivity index (χ3v) is 3.13. The van der Waals surface area contributed by atoms with Gasteiger partial charge in [-0.2, -0.15) is 0 Å². The fraction of sp³-hybridized carbons (Fsp3) is 0.188. The third kappa shape index (κ3) is 5.48. The van der Waals surface area contributed by atoms with Gasteiger partial charge in [0.1, 0.15) is 6.26 Å². The van der Waals surface area contributed by atoms with Crippen LogP contribution in [0.4, 0.5) is 10.5 Å². The molecule has 0 atom stereocenters. The maximum absolute atomic E-state index is 11.7. The SMILES string of the molecule is NC(=O)Nc1ccc(CNC(=O)CCNC(=O)c2ccoc2)cc1. The Bertz CT molecular complexity index is 695. The average molecular weight is 330 g/mol. The Kier molecular flexibility index (Phi) is 5.95. The first-order chi connectivity index (χ1) is 11.5. The van der Waals surface area contributed by atoms with Crippen LogP contribution in [-0.2, 0) is 11.3 Å². The van der Waals surface area contributed by atoms with Crippen LogP contribution in [-0.4, -0.2) is 24.4 Å². The van der Waals surface area contributed by atoms with Gasteiger partial charge in [0.05, 0.1) is 11.8 Å². The molecule has 0 saturated heterocycles. The normalized spacial score (nSPS) is 10.0. The third-order valence-electron chi connectivity index (χ3n) is 3.13. The minimum Gasteiger partial charge on any atom is -0.472 e. The quantitative estimate of drug-likeness (QED) is 0.608. The number of anilines is 1. The molecule has 0 fully saturated rings. The van der Waals surface area contributed by atoms with E-state index in [-0.39, 0.29) is 24.8 Å². The smallest absolute Gasteiger partial charge is 0.316 e. The molecule has 0 spiro atoms. The molecule has 2 aromatic rings. The Morgan fingerprint density at radius 3 is 2.42 bits per heavy atom. The zero-order valence-corrected chi connectivity index (χ0v) is 12.9. The van der Waals surface area contributed by atoms with E-state index >= 15 is 0 Å².